The van der Waals surface area contributed by atoms with Gasteiger partial charge in [0.15, 0.2) is 0 Å². The molecule has 96 valence electrons. The molecule has 0 atom stereocenters. The van der Waals surface area contributed by atoms with E-state index in [1.54, 1.807) is 26.8 Å². The molecule has 1 aromatic carbocycles. The average Bonchev–Trinajstić information content (AvgIpc) is 2.38. The fraction of sp³-hybridized carbons (Fsp3) is 0.308. The summed E-state index contributed by atoms with van der Waals surface area (Å²) >= 11 is 6.96. The lowest BCUT2D eigenvalue weighted by Crippen LogP contribution is -2.14. The summed E-state index contributed by atoms with van der Waals surface area (Å²) in [7, 11) is 0. The second-order valence-electron chi connectivity index (χ2n) is 4.73. The van der Waals surface area contributed by atoms with Gasteiger partial charge in [-0.05, 0) is 38.5 Å². The number of rotatable bonds is 1. The summed E-state index contributed by atoms with van der Waals surface area (Å²) in [5.41, 5.74) is 0.633. The monoisotopic (exact) mass is 286 g/mol. The molecule has 0 amide bonds. The number of carbonyl (C=O) groups excluding carboxylic acids is 1. The molecule has 0 fully saturated rings. The first kappa shape index (κ1) is 13.4. The summed E-state index contributed by atoms with van der Waals surface area (Å²) in [6, 6.07) is 2.87. The number of halogens is 2. The summed E-state index contributed by atoms with van der Waals surface area (Å²) in [6.07, 6.45) is 0. The van der Waals surface area contributed by atoms with Crippen molar-refractivity contribution in [3.8, 4) is 0 Å². The van der Waals surface area contributed by atoms with Crippen molar-refractivity contribution in [2.45, 2.75) is 25.5 Å². The number of thioether (sulfide) groups is 1. The smallest absolute Gasteiger partial charge is 0.224 e. The highest BCUT2D eigenvalue weighted by Gasteiger charge is 2.41. The molecule has 2 nitrogen and oxygen atoms in total. The number of carbonyl (C=O) groups is 1. The number of aliphatic hydroxyl groups is 1. The first-order valence-electron chi connectivity index (χ1n) is 5.37. The van der Waals surface area contributed by atoms with E-state index in [1.807, 2.05) is 0 Å². The van der Waals surface area contributed by atoms with Crippen LogP contribution >= 0.6 is 23.4 Å². The van der Waals surface area contributed by atoms with E-state index in [4.69, 9.17) is 11.6 Å². The van der Waals surface area contributed by atoms with Gasteiger partial charge in [0.05, 0.1) is 15.3 Å². The molecule has 1 N–H and O–H groups in total. The fourth-order valence-corrected chi connectivity index (χ4v) is 3.21. The van der Waals surface area contributed by atoms with Gasteiger partial charge in [-0.15, -0.1) is 0 Å². The second kappa shape index (κ2) is 4.28. The SMILES string of the molecule is Cc1cc(F)c(C2=C(O)C(C)(C)SC2=O)c(Cl)c1. The third kappa shape index (κ3) is 2.04. The third-order valence-electron chi connectivity index (χ3n) is 2.80. The van der Waals surface area contributed by atoms with Crippen LogP contribution in [0.25, 0.3) is 5.57 Å². The van der Waals surface area contributed by atoms with Crippen LogP contribution in [0.4, 0.5) is 4.39 Å². The number of hydrogen-bond donors (Lipinski definition) is 1. The van der Waals surface area contributed by atoms with Crippen LogP contribution in [0.5, 0.6) is 0 Å². The van der Waals surface area contributed by atoms with Crippen LogP contribution in [0.3, 0.4) is 0 Å². The lowest BCUT2D eigenvalue weighted by atomic mass is 9.99. The van der Waals surface area contributed by atoms with Gasteiger partial charge < -0.3 is 5.11 Å². The van der Waals surface area contributed by atoms with Crippen LogP contribution in [-0.2, 0) is 4.79 Å². The molecule has 0 aromatic heterocycles. The van der Waals surface area contributed by atoms with Crippen LogP contribution in [0.15, 0.2) is 17.9 Å². The zero-order valence-electron chi connectivity index (χ0n) is 10.2. The molecular formula is C13H12ClFO2S. The molecule has 0 radical (unpaired) electrons. The molecule has 5 heteroatoms. The van der Waals surface area contributed by atoms with Gasteiger partial charge in [0, 0.05) is 5.56 Å². The van der Waals surface area contributed by atoms with Crippen molar-refractivity contribution in [1.82, 2.24) is 0 Å². The van der Waals surface area contributed by atoms with Crippen molar-refractivity contribution in [1.29, 1.82) is 0 Å². The molecule has 1 aliphatic rings. The van der Waals surface area contributed by atoms with E-state index in [0.29, 0.717) is 5.56 Å². The first-order chi connectivity index (χ1) is 8.24. The molecule has 0 unspecified atom stereocenters. The summed E-state index contributed by atoms with van der Waals surface area (Å²) in [4.78, 5) is 11.9. The quantitative estimate of drug-likeness (QED) is 0.844. The van der Waals surface area contributed by atoms with Crippen molar-refractivity contribution in [3.05, 3.63) is 39.9 Å². The Hall–Kier alpha value is -1.00. The van der Waals surface area contributed by atoms with Gasteiger partial charge in [0.25, 0.3) is 0 Å². The predicted molar refractivity (Wildman–Crippen MR) is 72.4 cm³/mol. The minimum Gasteiger partial charge on any atom is -0.510 e. The lowest BCUT2D eigenvalue weighted by molar-refractivity contribution is -0.106. The summed E-state index contributed by atoms with van der Waals surface area (Å²) < 4.78 is 13.2. The third-order valence-corrected chi connectivity index (χ3v) is 4.19. The molecule has 0 saturated carbocycles. The first-order valence-corrected chi connectivity index (χ1v) is 6.56. The highest BCUT2D eigenvalue weighted by molar-refractivity contribution is 8.16. The largest absolute Gasteiger partial charge is 0.510 e. The van der Waals surface area contributed by atoms with Gasteiger partial charge in [0.2, 0.25) is 5.12 Å². The maximum absolute atomic E-state index is 14.0. The molecule has 0 bridgehead atoms. The Balaban J connectivity index is 2.71. The molecule has 1 aliphatic heterocycles. The number of benzene rings is 1. The predicted octanol–water partition coefficient (Wildman–Crippen LogP) is 4.11. The van der Waals surface area contributed by atoms with E-state index in [1.165, 1.54) is 6.07 Å². The Labute approximate surface area is 114 Å². The highest BCUT2D eigenvalue weighted by atomic mass is 35.5. The second-order valence-corrected chi connectivity index (χ2v) is 6.73. The Morgan fingerprint density at radius 2 is 2.00 bits per heavy atom. The van der Waals surface area contributed by atoms with Crippen LogP contribution in [0, 0.1) is 12.7 Å². The van der Waals surface area contributed by atoms with Crippen molar-refractivity contribution in [2.24, 2.45) is 0 Å². The number of aliphatic hydroxyl groups excluding tert-OH is 1. The zero-order chi connectivity index (χ0) is 13.7. The summed E-state index contributed by atoms with van der Waals surface area (Å²) in [5.74, 6) is -0.713. The van der Waals surface area contributed by atoms with Crippen LogP contribution in [0.2, 0.25) is 5.02 Å². The van der Waals surface area contributed by atoms with E-state index < -0.39 is 10.6 Å². The molecular weight excluding hydrogens is 275 g/mol. The Morgan fingerprint density at radius 3 is 2.44 bits per heavy atom. The standard InChI is InChI=1S/C13H12ClFO2S/c1-6-4-7(14)9(8(15)5-6)10-11(16)13(2,3)18-12(10)17/h4-5,16H,1-3H3. The van der Waals surface area contributed by atoms with E-state index in [2.05, 4.69) is 0 Å². The van der Waals surface area contributed by atoms with Crippen LogP contribution in [-0.4, -0.2) is 15.0 Å². The van der Waals surface area contributed by atoms with Gasteiger partial charge in [-0.2, -0.15) is 0 Å². The fourth-order valence-electron chi connectivity index (χ4n) is 1.89. The zero-order valence-corrected chi connectivity index (χ0v) is 11.7. The van der Waals surface area contributed by atoms with Gasteiger partial charge in [0.1, 0.15) is 11.6 Å². The van der Waals surface area contributed by atoms with Gasteiger partial charge in [-0.25, -0.2) is 4.39 Å². The topological polar surface area (TPSA) is 37.3 Å². The minimum absolute atomic E-state index is 0.0113. The normalized spacial score (nSPS) is 18.6. The van der Waals surface area contributed by atoms with E-state index in [9.17, 15) is 14.3 Å². The Morgan fingerprint density at radius 1 is 1.39 bits per heavy atom. The number of hydrogen-bond acceptors (Lipinski definition) is 3. The van der Waals surface area contributed by atoms with Crippen LogP contribution < -0.4 is 0 Å². The van der Waals surface area contributed by atoms with Gasteiger partial charge >= 0.3 is 0 Å². The minimum atomic E-state index is -0.743. The summed E-state index contributed by atoms with van der Waals surface area (Å²) in [6.45, 7) is 5.12. The molecule has 1 aromatic rings. The molecule has 2 rings (SSSR count). The maximum atomic E-state index is 14.0. The molecule has 0 saturated heterocycles. The van der Waals surface area contributed by atoms with Crippen molar-refractivity contribution in [2.75, 3.05) is 0 Å². The Bertz CT molecular complexity index is 555. The van der Waals surface area contributed by atoms with Gasteiger partial charge in [-0.3, -0.25) is 4.79 Å². The van der Waals surface area contributed by atoms with Crippen molar-refractivity contribution >= 4 is 34.1 Å². The highest BCUT2D eigenvalue weighted by Crippen LogP contribution is 2.47. The van der Waals surface area contributed by atoms with E-state index in [0.717, 1.165) is 11.8 Å². The van der Waals surface area contributed by atoms with Crippen LogP contribution in [0.1, 0.15) is 25.0 Å². The molecule has 0 aliphatic carbocycles. The van der Waals surface area contributed by atoms with Gasteiger partial charge in [-0.1, -0.05) is 23.4 Å². The van der Waals surface area contributed by atoms with Crippen molar-refractivity contribution in [3.63, 3.8) is 0 Å². The number of aryl methyl sites for hydroxylation is 1. The van der Waals surface area contributed by atoms with E-state index in [-0.39, 0.29) is 27.0 Å². The molecule has 18 heavy (non-hydrogen) atoms. The molecule has 0 spiro atoms. The van der Waals surface area contributed by atoms with Crippen molar-refractivity contribution < 1.29 is 14.3 Å². The maximum Gasteiger partial charge on any atom is 0.224 e. The Kier molecular flexibility index (Phi) is 3.19. The lowest BCUT2D eigenvalue weighted by Gasteiger charge is -2.14. The molecule has 1 heterocycles. The average molecular weight is 287 g/mol. The van der Waals surface area contributed by atoms with E-state index >= 15 is 0 Å². The summed E-state index contributed by atoms with van der Waals surface area (Å²) in [5, 5.41) is 9.85.